The average Bonchev–Trinajstić information content (AvgIpc) is 2.68. The summed E-state index contributed by atoms with van der Waals surface area (Å²) in [5.74, 6) is -2.36. The summed E-state index contributed by atoms with van der Waals surface area (Å²) in [6, 6.07) is 9.18. The van der Waals surface area contributed by atoms with Crippen molar-refractivity contribution >= 4 is 5.91 Å². The van der Waals surface area contributed by atoms with Gasteiger partial charge in [0, 0.05) is 30.6 Å². The van der Waals surface area contributed by atoms with E-state index in [1.54, 1.807) is 0 Å². The molecule has 2 unspecified atom stereocenters. The predicted molar refractivity (Wildman–Crippen MR) is 119 cm³/mol. The molecule has 1 amide bonds. The Kier molecular flexibility index (Phi) is 7.51. The summed E-state index contributed by atoms with van der Waals surface area (Å²) < 4.78 is 32.8. The highest BCUT2D eigenvalue weighted by atomic mass is 19.1. The molecule has 174 valence electrons. The zero-order chi connectivity index (χ0) is 23.5. The monoisotopic (exact) mass is 446 g/mol. The highest BCUT2D eigenvalue weighted by Gasteiger charge is 2.28. The van der Waals surface area contributed by atoms with Crippen molar-refractivity contribution in [1.29, 1.82) is 0 Å². The van der Waals surface area contributed by atoms with Crippen molar-refractivity contribution in [3.8, 4) is 5.75 Å². The van der Waals surface area contributed by atoms with E-state index >= 15 is 0 Å². The van der Waals surface area contributed by atoms with Crippen LogP contribution in [0.5, 0.6) is 5.75 Å². The number of aliphatic hydroxyl groups is 1. The van der Waals surface area contributed by atoms with Gasteiger partial charge in [0.05, 0.1) is 18.6 Å². The maximum absolute atomic E-state index is 13.5. The SMILES string of the molecule is CC(C)(C)Cc1ccc2c(c1)[C@@H](NCC(O)C(Cc1cc(F)cc(F)c1)C(N)=O)CCO2. The Hall–Kier alpha value is -2.51. The summed E-state index contributed by atoms with van der Waals surface area (Å²) in [6.07, 6.45) is 0.480. The molecular formula is C25H32F2N2O3. The van der Waals surface area contributed by atoms with Crippen molar-refractivity contribution in [1.82, 2.24) is 5.32 Å². The summed E-state index contributed by atoms with van der Waals surface area (Å²) in [5.41, 5.74) is 8.14. The highest BCUT2D eigenvalue weighted by Crippen LogP contribution is 2.34. The summed E-state index contributed by atoms with van der Waals surface area (Å²) in [7, 11) is 0. The molecule has 7 heteroatoms. The van der Waals surface area contributed by atoms with Crippen LogP contribution in [0.25, 0.3) is 0 Å². The number of hydrogen-bond acceptors (Lipinski definition) is 4. The van der Waals surface area contributed by atoms with E-state index in [-0.39, 0.29) is 30.0 Å². The summed E-state index contributed by atoms with van der Waals surface area (Å²) in [4.78, 5) is 12.0. The second kappa shape index (κ2) is 9.96. The van der Waals surface area contributed by atoms with Gasteiger partial charge in [0.2, 0.25) is 5.91 Å². The predicted octanol–water partition coefficient (Wildman–Crippen LogP) is 3.67. The maximum Gasteiger partial charge on any atom is 0.223 e. The van der Waals surface area contributed by atoms with Gasteiger partial charge < -0.3 is 20.9 Å². The lowest BCUT2D eigenvalue weighted by molar-refractivity contribution is -0.125. The first-order chi connectivity index (χ1) is 15.0. The van der Waals surface area contributed by atoms with Gasteiger partial charge in [-0.1, -0.05) is 32.9 Å². The van der Waals surface area contributed by atoms with E-state index in [0.29, 0.717) is 6.61 Å². The quantitative estimate of drug-likeness (QED) is 0.578. The Morgan fingerprint density at radius 1 is 1.19 bits per heavy atom. The number of carbonyl (C=O) groups excluding carboxylic acids is 1. The highest BCUT2D eigenvalue weighted by molar-refractivity contribution is 5.77. The van der Waals surface area contributed by atoms with Crippen LogP contribution < -0.4 is 15.8 Å². The van der Waals surface area contributed by atoms with Gasteiger partial charge in [-0.2, -0.15) is 0 Å². The number of halogens is 2. The fourth-order valence-electron chi connectivity index (χ4n) is 4.19. The van der Waals surface area contributed by atoms with Gasteiger partial charge in [-0.3, -0.25) is 4.79 Å². The van der Waals surface area contributed by atoms with Crippen LogP contribution in [0.15, 0.2) is 36.4 Å². The van der Waals surface area contributed by atoms with Gasteiger partial charge in [-0.15, -0.1) is 0 Å². The zero-order valence-corrected chi connectivity index (χ0v) is 18.8. The molecule has 3 rings (SSSR count). The molecule has 5 nitrogen and oxygen atoms in total. The topological polar surface area (TPSA) is 84.6 Å². The van der Waals surface area contributed by atoms with Crippen LogP contribution >= 0.6 is 0 Å². The fraction of sp³-hybridized carbons (Fsp3) is 0.480. The molecule has 1 aliphatic heterocycles. The van der Waals surface area contributed by atoms with E-state index < -0.39 is 29.6 Å². The van der Waals surface area contributed by atoms with Crippen LogP contribution in [0.2, 0.25) is 0 Å². The lowest BCUT2D eigenvalue weighted by Gasteiger charge is -2.30. The lowest BCUT2D eigenvalue weighted by Crippen LogP contribution is -2.42. The van der Waals surface area contributed by atoms with E-state index in [2.05, 4.69) is 38.2 Å². The minimum atomic E-state index is -1.11. The number of ether oxygens (including phenoxy) is 1. The first-order valence-electron chi connectivity index (χ1n) is 10.9. The van der Waals surface area contributed by atoms with Crippen molar-refractivity contribution in [2.24, 2.45) is 17.1 Å². The third-order valence-electron chi connectivity index (χ3n) is 5.63. The van der Waals surface area contributed by atoms with Crippen molar-refractivity contribution in [3.05, 3.63) is 64.7 Å². The second-order valence-electron chi connectivity index (χ2n) is 9.77. The third-order valence-corrected chi connectivity index (χ3v) is 5.63. The number of primary amides is 1. The summed E-state index contributed by atoms with van der Waals surface area (Å²) >= 11 is 0. The number of hydrogen-bond donors (Lipinski definition) is 3. The summed E-state index contributed by atoms with van der Waals surface area (Å²) in [6.45, 7) is 7.21. The second-order valence-corrected chi connectivity index (χ2v) is 9.77. The Morgan fingerprint density at radius 2 is 1.88 bits per heavy atom. The number of fused-ring (bicyclic) bond motifs is 1. The molecule has 0 spiro atoms. The number of nitrogens with one attached hydrogen (secondary N) is 1. The normalized spacial score (nSPS) is 17.9. The van der Waals surface area contributed by atoms with Crippen LogP contribution in [-0.2, 0) is 17.6 Å². The van der Waals surface area contributed by atoms with Gasteiger partial charge in [-0.05, 0) is 47.6 Å². The van der Waals surface area contributed by atoms with Crippen LogP contribution in [0, 0.1) is 23.0 Å². The van der Waals surface area contributed by atoms with Crippen molar-refractivity contribution in [3.63, 3.8) is 0 Å². The third kappa shape index (κ3) is 6.50. The van der Waals surface area contributed by atoms with Gasteiger partial charge in [0.15, 0.2) is 0 Å². The van der Waals surface area contributed by atoms with Crippen LogP contribution in [0.4, 0.5) is 8.78 Å². The molecule has 0 fully saturated rings. The summed E-state index contributed by atoms with van der Waals surface area (Å²) in [5, 5.41) is 14.0. The fourth-order valence-corrected chi connectivity index (χ4v) is 4.19. The molecule has 3 atom stereocenters. The molecule has 0 saturated carbocycles. The molecule has 2 aromatic carbocycles. The number of aliphatic hydroxyl groups excluding tert-OH is 1. The molecule has 1 heterocycles. The van der Waals surface area contributed by atoms with Crippen LogP contribution in [0.1, 0.15) is 49.9 Å². The number of carbonyl (C=O) groups is 1. The Labute approximate surface area is 188 Å². The Bertz CT molecular complexity index is 938. The van der Waals surface area contributed by atoms with Gasteiger partial charge in [0.25, 0.3) is 0 Å². The standard InChI is InChI=1S/C25H32F2N2O3/c1-25(2,3)13-15-4-5-23-19(10-15)21(6-7-32-23)29-14-22(30)20(24(28)31)11-16-8-17(26)12-18(27)9-16/h4-5,8-10,12,20-22,29-30H,6-7,11,13-14H2,1-3H3,(H2,28,31)/t20?,21-,22?/m0/s1. The van der Waals surface area contributed by atoms with Crippen molar-refractivity contribution in [2.75, 3.05) is 13.2 Å². The Balaban J connectivity index is 1.70. The van der Waals surface area contributed by atoms with Crippen LogP contribution in [-0.4, -0.2) is 30.3 Å². The molecule has 1 aliphatic rings. The molecular weight excluding hydrogens is 414 g/mol. The van der Waals surface area contributed by atoms with Gasteiger partial charge in [-0.25, -0.2) is 8.78 Å². The minimum absolute atomic E-state index is 0.0477. The zero-order valence-electron chi connectivity index (χ0n) is 18.8. The molecule has 0 bridgehead atoms. The van der Waals surface area contributed by atoms with Crippen molar-refractivity contribution < 1.29 is 23.4 Å². The molecule has 32 heavy (non-hydrogen) atoms. The molecule has 0 saturated heterocycles. The molecule has 0 radical (unpaired) electrons. The van der Waals surface area contributed by atoms with E-state index in [1.165, 1.54) is 5.56 Å². The van der Waals surface area contributed by atoms with Crippen LogP contribution in [0.3, 0.4) is 0 Å². The lowest BCUT2D eigenvalue weighted by atomic mass is 9.86. The number of amides is 1. The van der Waals surface area contributed by atoms with Gasteiger partial charge >= 0.3 is 0 Å². The first-order valence-corrected chi connectivity index (χ1v) is 10.9. The van der Waals surface area contributed by atoms with E-state index in [0.717, 1.165) is 42.4 Å². The molecule has 0 aromatic heterocycles. The number of rotatable bonds is 8. The number of benzene rings is 2. The minimum Gasteiger partial charge on any atom is -0.493 e. The van der Waals surface area contributed by atoms with E-state index in [9.17, 15) is 18.7 Å². The first kappa shape index (κ1) is 24.1. The largest absolute Gasteiger partial charge is 0.493 e. The average molecular weight is 447 g/mol. The smallest absolute Gasteiger partial charge is 0.223 e. The molecule has 0 aliphatic carbocycles. The Morgan fingerprint density at radius 3 is 2.50 bits per heavy atom. The van der Waals surface area contributed by atoms with Gasteiger partial charge in [0.1, 0.15) is 17.4 Å². The van der Waals surface area contributed by atoms with Crippen molar-refractivity contribution in [2.45, 2.75) is 52.2 Å². The molecule has 2 aromatic rings. The number of nitrogens with two attached hydrogens (primary N) is 1. The molecule has 4 N–H and O–H groups in total. The maximum atomic E-state index is 13.5. The van der Waals surface area contributed by atoms with E-state index in [1.807, 2.05) is 6.07 Å². The van der Waals surface area contributed by atoms with E-state index in [4.69, 9.17) is 10.5 Å².